The molecule has 1 aliphatic rings. The number of rotatable bonds is 2. The topological polar surface area (TPSA) is 65.1 Å². The third-order valence-corrected chi connectivity index (χ3v) is 4.83. The van der Waals surface area contributed by atoms with E-state index in [1.165, 1.54) is 0 Å². The molecular weight excluding hydrogens is 288 g/mol. The first-order valence-corrected chi connectivity index (χ1v) is 7.75. The van der Waals surface area contributed by atoms with Crippen molar-refractivity contribution in [1.82, 2.24) is 10.3 Å². The lowest BCUT2D eigenvalue weighted by Crippen LogP contribution is -2.54. The van der Waals surface area contributed by atoms with Gasteiger partial charge in [0.05, 0.1) is 5.54 Å². The minimum Gasteiger partial charge on any atom is -0.480 e. The van der Waals surface area contributed by atoms with Crippen molar-refractivity contribution in [2.75, 3.05) is 0 Å². The fourth-order valence-corrected chi connectivity index (χ4v) is 3.66. The fourth-order valence-electron chi connectivity index (χ4n) is 3.66. The summed E-state index contributed by atoms with van der Waals surface area (Å²) in [5.41, 5.74) is 3.70. The van der Waals surface area contributed by atoms with Gasteiger partial charge in [-0.1, -0.05) is 48.5 Å². The highest BCUT2D eigenvalue weighted by molar-refractivity contribution is 5.87. The molecule has 2 heterocycles. The van der Waals surface area contributed by atoms with Gasteiger partial charge < -0.3 is 10.1 Å². The Hall–Kier alpha value is -2.59. The van der Waals surface area contributed by atoms with Crippen LogP contribution in [0.4, 0.5) is 0 Å². The van der Waals surface area contributed by atoms with Gasteiger partial charge in [0.25, 0.3) is 0 Å². The zero-order valence-electron chi connectivity index (χ0n) is 12.8. The molecule has 4 heteroatoms. The zero-order chi connectivity index (χ0) is 16.0. The van der Waals surface area contributed by atoms with Gasteiger partial charge in [-0.3, -0.25) is 10.1 Å². The minimum absolute atomic E-state index is 0.483. The number of aromatic nitrogens is 1. The Morgan fingerprint density at radius 2 is 1.83 bits per heavy atom. The van der Waals surface area contributed by atoms with E-state index in [0.29, 0.717) is 6.42 Å². The second kappa shape index (κ2) is 4.96. The maximum Gasteiger partial charge on any atom is 0.321 e. The van der Waals surface area contributed by atoms with E-state index in [-0.39, 0.29) is 0 Å². The number of para-hydroxylation sites is 1. The molecule has 0 bridgehead atoms. The van der Waals surface area contributed by atoms with E-state index < -0.39 is 17.6 Å². The molecule has 0 amide bonds. The number of hydrogen-bond acceptors (Lipinski definition) is 2. The highest BCUT2D eigenvalue weighted by atomic mass is 16.4. The molecule has 0 fully saturated rings. The number of carboxylic acids is 1. The van der Waals surface area contributed by atoms with Crippen LogP contribution in [0.5, 0.6) is 0 Å². The number of carbonyl (C=O) groups is 1. The van der Waals surface area contributed by atoms with Gasteiger partial charge in [0.15, 0.2) is 0 Å². The van der Waals surface area contributed by atoms with Gasteiger partial charge in [-0.2, -0.15) is 0 Å². The van der Waals surface area contributed by atoms with E-state index in [1.54, 1.807) is 0 Å². The molecule has 4 nitrogen and oxygen atoms in total. The second-order valence-corrected chi connectivity index (χ2v) is 6.25. The standard InChI is InChI=1S/C19H18N2O2/c1-19(12-7-3-2-4-8-12)17-14(11-16(21-19)18(22)23)13-9-5-6-10-15(13)20-17/h2-10,16,20-21H,11H2,1H3,(H,22,23)/t16-,19?/m0/s1. The van der Waals surface area contributed by atoms with Crippen LogP contribution in [0.2, 0.25) is 0 Å². The van der Waals surface area contributed by atoms with Crippen molar-refractivity contribution >= 4 is 16.9 Å². The smallest absolute Gasteiger partial charge is 0.321 e. The molecule has 3 aromatic rings. The number of aromatic amines is 1. The highest BCUT2D eigenvalue weighted by Crippen LogP contribution is 2.39. The molecule has 1 unspecified atom stereocenters. The molecule has 0 saturated carbocycles. The maximum atomic E-state index is 11.7. The molecule has 2 aromatic carbocycles. The predicted molar refractivity (Wildman–Crippen MR) is 89.5 cm³/mol. The predicted octanol–water partition coefficient (Wildman–Crippen LogP) is 3.03. The van der Waals surface area contributed by atoms with Crippen LogP contribution in [0, 0.1) is 0 Å². The number of fused-ring (bicyclic) bond motifs is 3. The first-order valence-electron chi connectivity index (χ1n) is 7.75. The molecule has 2 atom stereocenters. The van der Waals surface area contributed by atoms with Gasteiger partial charge in [0.2, 0.25) is 0 Å². The molecule has 0 radical (unpaired) electrons. The first-order chi connectivity index (χ1) is 11.1. The average Bonchev–Trinajstić information content (AvgIpc) is 2.95. The summed E-state index contributed by atoms with van der Waals surface area (Å²) in [4.78, 5) is 15.2. The quantitative estimate of drug-likeness (QED) is 0.682. The van der Waals surface area contributed by atoms with Crippen molar-refractivity contribution in [3.63, 3.8) is 0 Å². The van der Waals surface area contributed by atoms with E-state index >= 15 is 0 Å². The molecule has 1 aromatic heterocycles. The van der Waals surface area contributed by atoms with Crippen LogP contribution >= 0.6 is 0 Å². The Kier molecular flexibility index (Phi) is 3.03. The third-order valence-electron chi connectivity index (χ3n) is 4.83. The summed E-state index contributed by atoms with van der Waals surface area (Å²) >= 11 is 0. The molecule has 23 heavy (non-hydrogen) atoms. The molecule has 0 saturated heterocycles. The number of carboxylic acid groups (broad SMARTS) is 1. The molecule has 0 spiro atoms. The van der Waals surface area contributed by atoms with Crippen molar-refractivity contribution < 1.29 is 9.90 Å². The minimum atomic E-state index is -0.817. The summed E-state index contributed by atoms with van der Waals surface area (Å²) in [5.74, 6) is -0.817. The lowest BCUT2D eigenvalue weighted by molar-refractivity contribution is -0.140. The average molecular weight is 306 g/mol. The Balaban J connectivity index is 1.99. The SMILES string of the molecule is CC1(c2ccccc2)N[C@H](C(=O)O)Cc2c1[nH]c1ccccc21. The van der Waals surface area contributed by atoms with E-state index in [0.717, 1.165) is 27.7 Å². The Morgan fingerprint density at radius 1 is 1.13 bits per heavy atom. The number of H-pyrrole nitrogens is 1. The maximum absolute atomic E-state index is 11.7. The van der Waals surface area contributed by atoms with Gasteiger partial charge in [-0.15, -0.1) is 0 Å². The number of benzene rings is 2. The van der Waals surface area contributed by atoms with Gasteiger partial charge in [-0.25, -0.2) is 0 Å². The fraction of sp³-hybridized carbons (Fsp3) is 0.211. The van der Waals surface area contributed by atoms with Gasteiger partial charge >= 0.3 is 5.97 Å². The van der Waals surface area contributed by atoms with E-state index in [4.69, 9.17) is 0 Å². The normalized spacial score (nSPS) is 23.6. The van der Waals surface area contributed by atoms with Crippen LogP contribution in [0.3, 0.4) is 0 Å². The number of nitrogens with one attached hydrogen (secondary N) is 2. The summed E-state index contributed by atoms with van der Waals surface area (Å²) in [5, 5.41) is 14.0. The molecular formula is C19H18N2O2. The zero-order valence-corrected chi connectivity index (χ0v) is 12.8. The van der Waals surface area contributed by atoms with Crippen molar-refractivity contribution in [2.24, 2.45) is 0 Å². The molecule has 3 N–H and O–H groups in total. The molecule has 1 aliphatic heterocycles. The monoisotopic (exact) mass is 306 g/mol. The number of hydrogen-bond donors (Lipinski definition) is 3. The van der Waals surface area contributed by atoms with Crippen molar-refractivity contribution in [3.05, 3.63) is 71.4 Å². The summed E-state index contributed by atoms with van der Waals surface area (Å²) in [6.07, 6.45) is 0.483. The van der Waals surface area contributed by atoms with Crippen LogP contribution in [-0.4, -0.2) is 22.1 Å². The third kappa shape index (κ3) is 2.06. The van der Waals surface area contributed by atoms with Gasteiger partial charge in [0.1, 0.15) is 6.04 Å². The van der Waals surface area contributed by atoms with Crippen molar-refractivity contribution in [1.29, 1.82) is 0 Å². The number of aliphatic carboxylic acids is 1. The van der Waals surface area contributed by atoms with E-state index in [1.807, 2.05) is 55.5 Å². The van der Waals surface area contributed by atoms with E-state index in [2.05, 4.69) is 16.4 Å². The highest BCUT2D eigenvalue weighted by Gasteiger charge is 2.41. The van der Waals surface area contributed by atoms with Crippen LogP contribution in [0.15, 0.2) is 54.6 Å². The summed E-state index contributed by atoms with van der Waals surface area (Å²) in [6.45, 7) is 2.05. The lowest BCUT2D eigenvalue weighted by atomic mass is 9.80. The Labute approximate surface area is 134 Å². The van der Waals surface area contributed by atoms with Gasteiger partial charge in [0, 0.05) is 23.0 Å². The summed E-state index contributed by atoms with van der Waals surface area (Å²) in [6, 6.07) is 17.5. The van der Waals surface area contributed by atoms with Crippen molar-refractivity contribution in [3.8, 4) is 0 Å². The molecule has 116 valence electrons. The Bertz CT molecular complexity index is 885. The second-order valence-electron chi connectivity index (χ2n) is 6.25. The van der Waals surface area contributed by atoms with Gasteiger partial charge in [-0.05, 0) is 24.1 Å². The first kappa shape index (κ1) is 14.0. The van der Waals surface area contributed by atoms with E-state index in [9.17, 15) is 9.90 Å². The molecule has 0 aliphatic carbocycles. The van der Waals surface area contributed by atoms with Crippen LogP contribution in [-0.2, 0) is 16.8 Å². The summed E-state index contributed by atoms with van der Waals surface area (Å²) < 4.78 is 0. The van der Waals surface area contributed by atoms with Crippen LogP contribution < -0.4 is 5.32 Å². The molecule has 4 rings (SSSR count). The largest absolute Gasteiger partial charge is 0.480 e. The van der Waals surface area contributed by atoms with Crippen LogP contribution in [0.1, 0.15) is 23.7 Å². The van der Waals surface area contributed by atoms with Crippen molar-refractivity contribution in [2.45, 2.75) is 24.9 Å². The lowest BCUT2D eigenvalue weighted by Gasteiger charge is -2.39. The van der Waals surface area contributed by atoms with Crippen LogP contribution in [0.25, 0.3) is 10.9 Å². The Morgan fingerprint density at radius 3 is 2.57 bits per heavy atom. The summed E-state index contributed by atoms with van der Waals surface area (Å²) in [7, 11) is 0.